The number of benzene rings is 2. The summed E-state index contributed by atoms with van der Waals surface area (Å²) in [5.41, 5.74) is 1.88. The number of esters is 1. The van der Waals surface area contributed by atoms with Crippen LogP contribution < -0.4 is 4.31 Å². The number of amides is 1. The maximum absolute atomic E-state index is 13.2. The number of morpholine rings is 1. The lowest BCUT2D eigenvalue weighted by molar-refractivity contribution is -0.146. The zero-order chi connectivity index (χ0) is 23.6. The van der Waals surface area contributed by atoms with Crippen molar-refractivity contribution >= 4 is 27.6 Å². The second-order valence-corrected chi connectivity index (χ2v) is 10.3. The summed E-state index contributed by atoms with van der Waals surface area (Å²) in [6, 6.07) is 13.1. The Balaban J connectivity index is 1.41. The molecule has 9 heteroatoms. The van der Waals surface area contributed by atoms with E-state index < -0.39 is 16.0 Å². The first-order valence-electron chi connectivity index (χ1n) is 11.1. The highest BCUT2D eigenvalue weighted by molar-refractivity contribution is 7.92. The molecular formula is C24H28N2O6S. The largest absolute Gasteiger partial charge is 0.452 e. The molecular weight excluding hydrogens is 444 g/mol. The number of rotatable bonds is 5. The highest BCUT2D eigenvalue weighted by Crippen LogP contribution is 2.31. The SMILES string of the molecule is CC1CN(C(=O)COC(=O)c2ccc(S(=O)(=O)N3CCCc4ccccc43)cc2)CC(C)O1. The number of anilines is 1. The third-order valence-corrected chi connectivity index (χ3v) is 7.67. The first-order valence-corrected chi connectivity index (χ1v) is 12.5. The van der Waals surface area contributed by atoms with Gasteiger partial charge in [0.1, 0.15) is 0 Å². The normalized spacial score (nSPS) is 20.8. The van der Waals surface area contributed by atoms with Gasteiger partial charge in [-0.3, -0.25) is 9.10 Å². The number of para-hydroxylation sites is 1. The molecule has 2 aromatic carbocycles. The predicted molar refractivity (Wildman–Crippen MR) is 123 cm³/mol. The molecule has 0 radical (unpaired) electrons. The number of carbonyl (C=O) groups excluding carboxylic acids is 2. The number of hydrogen-bond acceptors (Lipinski definition) is 6. The number of nitrogens with zero attached hydrogens (tertiary/aromatic N) is 2. The molecule has 1 saturated heterocycles. The van der Waals surface area contributed by atoms with Crippen LogP contribution in [-0.2, 0) is 30.7 Å². The van der Waals surface area contributed by atoms with Gasteiger partial charge in [-0.05, 0) is 62.6 Å². The lowest BCUT2D eigenvalue weighted by Crippen LogP contribution is -2.49. The third kappa shape index (κ3) is 5.04. The summed E-state index contributed by atoms with van der Waals surface area (Å²) in [5.74, 6) is -0.960. The van der Waals surface area contributed by atoms with Crippen molar-refractivity contribution in [2.75, 3.05) is 30.5 Å². The summed E-state index contributed by atoms with van der Waals surface area (Å²) in [6.07, 6.45) is 1.44. The van der Waals surface area contributed by atoms with Crippen molar-refractivity contribution in [3.8, 4) is 0 Å². The molecule has 0 saturated carbocycles. The Morgan fingerprint density at radius 3 is 2.39 bits per heavy atom. The van der Waals surface area contributed by atoms with Crippen LogP contribution in [0.1, 0.15) is 36.2 Å². The fourth-order valence-electron chi connectivity index (χ4n) is 4.32. The van der Waals surface area contributed by atoms with Gasteiger partial charge in [-0.25, -0.2) is 13.2 Å². The number of sulfonamides is 1. The first kappa shape index (κ1) is 23.3. The number of carbonyl (C=O) groups is 2. The average Bonchev–Trinajstić information content (AvgIpc) is 2.81. The molecule has 1 amide bonds. The van der Waals surface area contributed by atoms with E-state index in [0.717, 1.165) is 18.4 Å². The summed E-state index contributed by atoms with van der Waals surface area (Å²) >= 11 is 0. The molecule has 0 spiro atoms. The van der Waals surface area contributed by atoms with Crippen LogP contribution in [-0.4, -0.2) is 63.6 Å². The molecule has 4 rings (SSSR count). The zero-order valence-corrected chi connectivity index (χ0v) is 19.6. The molecule has 8 nitrogen and oxygen atoms in total. The number of aryl methyl sites for hydroxylation is 1. The van der Waals surface area contributed by atoms with Crippen LogP contribution in [0.4, 0.5) is 5.69 Å². The summed E-state index contributed by atoms with van der Waals surface area (Å²) in [4.78, 5) is 26.5. The van der Waals surface area contributed by atoms with Crippen LogP contribution in [0, 0.1) is 0 Å². The molecule has 0 aromatic heterocycles. The highest BCUT2D eigenvalue weighted by Gasteiger charge is 2.29. The van der Waals surface area contributed by atoms with E-state index in [4.69, 9.17) is 9.47 Å². The highest BCUT2D eigenvalue weighted by atomic mass is 32.2. The minimum absolute atomic E-state index is 0.0743. The van der Waals surface area contributed by atoms with Gasteiger partial charge < -0.3 is 14.4 Å². The third-order valence-electron chi connectivity index (χ3n) is 5.84. The molecule has 1 fully saturated rings. The maximum atomic E-state index is 13.2. The molecule has 0 N–H and O–H groups in total. The van der Waals surface area contributed by atoms with E-state index in [1.54, 1.807) is 4.90 Å². The van der Waals surface area contributed by atoms with Gasteiger partial charge in [-0.1, -0.05) is 18.2 Å². The predicted octanol–water partition coefficient (Wildman–Crippen LogP) is 2.62. The zero-order valence-electron chi connectivity index (χ0n) is 18.8. The van der Waals surface area contributed by atoms with Crippen LogP contribution >= 0.6 is 0 Å². The molecule has 2 aromatic rings. The Hall–Kier alpha value is -2.91. The molecule has 2 aliphatic heterocycles. The summed E-state index contributed by atoms with van der Waals surface area (Å²) in [7, 11) is -3.76. The molecule has 2 unspecified atom stereocenters. The fourth-order valence-corrected chi connectivity index (χ4v) is 5.86. The van der Waals surface area contributed by atoms with Crippen molar-refractivity contribution in [3.63, 3.8) is 0 Å². The summed E-state index contributed by atoms with van der Waals surface area (Å²) in [6.45, 7) is 4.72. The van der Waals surface area contributed by atoms with Crippen molar-refractivity contribution in [2.45, 2.75) is 43.8 Å². The van der Waals surface area contributed by atoms with E-state index >= 15 is 0 Å². The van der Waals surface area contributed by atoms with E-state index in [0.29, 0.717) is 25.3 Å². The van der Waals surface area contributed by atoms with Crippen molar-refractivity contribution in [1.29, 1.82) is 0 Å². The molecule has 2 aliphatic rings. The van der Waals surface area contributed by atoms with E-state index in [1.807, 2.05) is 38.1 Å². The Kier molecular flexibility index (Phi) is 6.71. The van der Waals surface area contributed by atoms with E-state index in [1.165, 1.54) is 28.6 Å². The minimum Gasteiger partial charge on any atom is -0.452 e. The lowest BCUT2D eigenvalue weighted by Gasteiger charge is -2.35. The Labute approximate surface area is 194 Å². The van der Waals surface area contributed by atoms with E-state index in [-0.39, 0.29) is 35.2 Å². The number of fused-ring (bicyclic) bond motifs is 1. The smallest absolute Gasteiger partial charge is 0.338 e. The molecule has 176 valence electrons. The summed E-state index contributed by atoms with van der Waals surface area (Å²) in [5, 5.41) is 0. The van der Waals surface area contributed by atoms with Crippen LogP contribution in [0.2, 0.25) is 0 Å². The van der Waals surface area contributed by atoms with Gasteiger partial charge in [0.15, 0.2) is 6.61 Å². The van der Waals surface area contributed by atoms with Crippen LogP contribution in [0.5, 0.6) is 0 Å². The first-order chi connectivity index (χ1) is 15.8. The van der Waals surface area contributed by atoms with Gasteiger partial charge >= 0.3 is 5.97 Å². The standard InChI is InChI=1S/C24H28N2O6S/c1-17-14-25(15-18(2)32-17)23(27)16-31-24(28)20-9-11-21(12-10-20)33(29,30)26-13-5-7-19-6-3-4-8-22(19)26/h3-4,6,8-12,17-18H,5,7,13-16H2,1-2H3. The van der Waals surface area contributed by atoms with E-state index in [9.17, 15) is 18.0 Å². The van der Waals surface area contributed by atoms with Crippen LogP contribution in [0.15, 0.2) is 53.4 Å². The van der Waals surface area contributed by atoms with Gasteiger partial charge in [-0.15, -0.1) is 0 Å². The van der Waals surface area contributed by atoms with Crippen molar-refractivity contribution in [2.24, 2.45) is 0 Å². The quantitative estimate of drug-likeness (QED) is 0.621. The van der Waals surface area contributed by atoms with Crippen LogP contribution in [0.3, 0.4) is 0 Å². The Morgan fingerprint density at radius 1 is 1.03 bits per heavy atom. The maximum Gasteiger partial charge on any atom is 0.338 e. The molecule has 2 atom stereocenters. The van der Waals surface area contributed by atoms with E-state index in [2.05, 4.69) is 0 Å². The van der Waals surface area contributed by atoms with Gasteiger partial charge in [0.25, 0.3) is 15.9 Å². The number of ether oxygens (including phenoxy) is 2. The average molecular weight is 473 g/mol. The monoisotopic (exact) mass is 472 g/mol. The lowest BCUT2D eigenvalue weighted by atomic mass is 10.0. The molecule has 2 heterocycles. The van der Waals surface area contributed by atoms with Gasteiger partial charge in [0.05, 0.1) is 28.4 Å². The van der Waals surface area contributed by atoms with Crippen molar-refractivity contribution in [3.05, 3.63) is 59.7 Å². The van der Waals surface area contributed by atoms with Gasteiger partial charge in [0.2, 0.25) is 0 Å². The second kappa shape index (κ2) is 9.52. The van der Waals surface area contributed by atoms with Gasteiger partial charge in [-0.2, -0.15) is 0 Å². The second-order valence-electron chi connectivity index (χ2n) is 8.47. The molecule has 0 aliphatic carbocycles. The molecule has 0 bridgehead atoms. The van der Waals surface area contributed by atoms with Crippen LogP contribution in [0.25, 0.3) is 0 Å². The fraction of sp³-hybridized carbons (Fsp3) is 0.417. The Morgan fingerprint density at radius 2 is 1.70 bits per heavy atom. The molecule has 33 heavy (non-hydrogen) atoms. The topological polar surface area (TPSA) is 93.2 Å². The number of hydrogen-bond donors (Lipinski definition) is 0. The minimum atomic E-state index is -3.76. The Bertz CT molecular complexity index is 1120. The van der Waals surface area contributed by atoms with Gasteiger partial charge in [0, 0.05) is 19.6 Å². The van der Waals surface area contributed by atoms with Crippen molar-refractivity contribution in [1.82, 2.24) is 4.90 Å². The van der Waals surface area contributed by atoms with Crippen molar-refractivity contribution < 1.29 is 27.5 Å². The summed E-state index contributed by atoms with van der Waals surface area (Å²) < 4.78 is 38.6.